The lowest BCUT2D eigenvalue weighted by molar-refractivity contribution is 0.0991. The molecule has 0 aliphatic carbocycles. The molecule has 0 bridgehead atoms. The van der Waals surface area contributed by atoms with Crippen LogP contribution in [0.2, 0.25) is 0 Å². The molecule has 5 aromatic rings. The van der Waals surface area contributed by atoms with Crippen molar-refractivity contribution in [3.63, 3.8) is 0 Å². The number of rotatable bonds is 9. The monoisotopic (exact) mass is 585 g/mol. The van der Waals surface area contributed by atoms with Gasteiger partial charge in [0.05, 0.1) is 25.3 Å². The molecule has 0 aliphatic rings. The molecule has 0 N–H and O–H groups in total. The van der Waals surface area contributed by atoms with E-state index in [1.807, 2.05) is 13.8 Å². The number of benzene rings is 2. The van der Waals surface area contributed by atoms with Crippen LogP contribution < -0.4 is 19.8 Å². The Kier molecular flexibility index (Phi) is 8.20. The summed E-state index contributed by atoms with van der Waals surface area (Å²) in [7, 11) is 2.93. The Balaban J connectivity index is 1.45. The number of fused-ring (bicyclic) bond motifs is 1. The number of hydrogen-bond donors (Lipinski definition) is 0. The first kappa shape index (κ1) is 29.4. The number of pyridine rings is 3. The second kappa shape index (κ2) is 12.0. The van der Waals surface area contributed by atoms with Gasteiger partial charge >= 0.3 is 0 Å². The van der Waals surface area contributed by atoms with Crippen molar-refractivity contribution < 1.29 is 27.8 Å². The summed E-state index contributed by atoms with van der Waals surface area (Å²) < 4.78 is 46.6. The van der Waals surface area contributed by atoms with Gasteiger partial charge in [0.1, 0.15) is 11.3 Å². The molecule has 10 heteroatoms. The second-order valence-electron chi connectivity index (χ2n) is 10.2. The molecule has 3 heterocycles. The highest BCUT2D eigenvalue weighted by Gasteiger charge is 2.21. The van der Waals surface area contributed by atoms with Gasteiger partial charge in [-0.25, -0.2) is 13.8 Å². The molecular weight excluding hydrogens is 556 g/mol. The first-order chi connectivity index (χ1) is 20.6. The maximum absolute atomic E-state index is 15.3. The molecule has 0 amide bonds. The van der Waals surface area contributed by atoms with Crippen LogP contribution in [0.5, 0.6) is 23.1 Å². The Morgan fingerprint density at radius 3 is 2.33 bits per heavy atom. The van der Waals surface area contributed by atoms with E-state index >= 15 is 4.39 Å². The minimum atomic E-state index is -0.703. The molecule has 0 saturated heterocycles. The van der Waals surface area contributed by atoms with Crippen LogP contribution in [0.1, 0.15) is 46.9 Å². The van der Waals surface area contributed by atoms with Gasteiger partial charge in [-0.05, 0) is 66.4 Å². The van der Waals surface area contributed by atoms with Crippen LogP contribution in [0.3, 0.4) is 0 Å². The highest BCUT2D eigenvalue weighted by molar-refractivity contribution is 5.97. The third kappa shape index (κ3) is 5.81. The van der Waals surface area contributed by atoms with Gasteiger partial charge in [-0.2, -0.15) is 0 Å². The predicted octanol–water partition coefficient (Wildman–Crippen LogP) is 6.73. The van der Waals surface area contributed by atoms with Crippen LogP contribution in [0.25, 0.3) is 16.7 Å². The van der Waals surface area contributed by atoms with Gasteiger partial charge in [-0.3, -0.25) is 19.1 Å². The largest absolute Gasteiger partial charge is 0.491 e. The number of halogens is 2. The van der Waals surface area contributed by atoms with Crippen LogP contribution in [0.15, 0.2) is 71.7 Å². The molecular formula is C33H29F2N3O5. The topological polar surface area (TPSA) is 92.5 Å². The number of ketones is 1. The number of methoxy groups -OCH3 is 2. The van der Waals surface area contributed by atoms with Crippen LogP contribution >= 0.6 is 0 Å². The molecule has 0 fully saturated rings. The van der Waals surface area contributed by atoms with Crippen molar-refractivity contribution >= 4 is 16.8 Å². The maximum atomic E-state index is 15.3. The Bertz CT molecular complexity index is 1900. The summed E-state index contributed by atoms with van der Waals surface area (Å²) in [6, 6.07) is 14.5. The Morgan fingerprint density at radius 2 is 1.67 bits per heavy atom. The fraction of sp³-hybridized carbons (Fsp3) is 0.212. The molecule has 0 atom stereocenters. The minimum absolute atomic E-state index is 0.00698. The zero-order valence-corrected chi connectivity index (χ0v) is 24.3. The molecule has 0 saturated carbocycles. The van der Waals surface area contributed by atoms with Crippen molar-refractivity contribution in [3.8, 4) is 28.8 Å². The number of Topliss-reactive ketones (excluding diaryl/α,β-unsaturated/α-hetero) is 1. The lowest BCUT2D eigenvalue weighted by Gasteiger charge is -2.18. The Hall–Kier alpha value is -5.12. The fourth-order valence-corrected chi connectivity index (χ4v) is 4.93. The van der Waals surface area contributed by atoms with E-state index in [-0.39, 0.29) is 35.3 Å². The highest BCUT2D eigenvalue weighted by atomic mass is 19.1. The van der Waals surface area contributed by atoms with E-state index in [1.165, 1.54) is 61.4 Å². The van der Waals surface area contributed by atoms with Gasteiger partial charge in [-0.1, -0.05) is 19.9 Å². The van der Waals surface area contributed by atoms with Crippen molar-refractivity contribution in [1.29, 1.82) is 0 Å². The van der Waals surface area contributed by atoms with Gasteiger partial charge in [-0.15, -0.1) is 0 Å². The minimum Gasteiger partial charge on any atom is -0.491 e. The first-order valence-electron chi connectivity index (χ1n) is 13.5. The average molecular weight is 586 g/mol. The summed E-state index contributed by atoms with van der Waals surface area (Å²) in [4.78, 5) is 35.6. The van der Waals surface area contributed by atoms with Gasteiger partial charge in [0, 0.05) is 36.1 Å². The summed E-state index contributed by atoms with van der Waals surface area (Å²) in [6.45, 7) is 5.70. The Morgan fingerprint density at radius 1 is 0.930 bits per heavy atom. The second-order valence-corrected chi connectivity index (χ2v) is 10.2. The molecule has 0 spiro atoms. The van der Waals surface area contributed by atoms with Crippen molar-refractivity contribution in [2.24, 2.45) is 0 Å². The van der Waals surface area contributed by atoms with Crippen LogP contribution in [0.4, 0.5) is 8.78 Å². The molecule has 220 valence electrons. The smallest absolute Gasteiger partial charge is 0.266 e. The number of hydrogen-bond acceptors (Lipinski definition) is 7. The van der Waals surface area contributed by atoms with E-state index in [0.29, 0.717) is 33.7 Å². The van der Waals surface area contributed by atoms with E-state index in [4.69, 9.17) is 14.2 Å². The third-order valence-electron chi connectivity index (χ3n) is 7.10. The van der Waals surface area contributed by atoms with Gasteiger partial charge in [0.25, 0.3) is 11.4 Å². The van der Waals surface area contributed by atoms with Crippen molar-refractivity contribution in [3.05, 3.63) is 111 Å². The average Bonchev–Trinajstić information content (AvgIpc) is 2.98. The number of carbonyl (C=O) groups excluding carboxylic acids is 1. The maximum Gasteiger partial charge on any atom is 0.266 e. The highest BCUT2D eigenvalue weighted by Crippen LogP contribution is 2.35. The summed E-state index contributed by atoms with van der Waals surface area (Å²) in [5, 5.41) is 0. The SMILES string of the molecule is COc1cc2nccc(Oc3ccc(CC(=O)c4cc(C(C)C)c(C)n(-c5ccc(F)cc5)c4=O)cc3F)c2nc1OC. The number of ether oxygens (including phenoxy) is 3. The molecule has 43 heavy (non-hydrogen) atoms. The summed E-state index contributed by atoms with van der Waals surface area (Å²) in [5.74, 6) is -0.837. The zero-order chi connectivity index (χ0) is 30.8. The van der Waals surface area contributed by atoms with Crippen molar-refractivity contribution in [1.82, 2.24) is 14.5 Å². The van der Waals surface area contributed by atoms with Gasteiger partial charge < -0.3 is 14.2 Å². The quantitative estimate of drug-likeness (QED) is 0.177. The molecule has 8 nitrogen and oxygen atoms in total. The summed E-state index contributed by atoms with van der Waals surface area (Å²) in [6.07, 6.45) is 1.29. The molecule has 0 radical (unpaired) electrons. The lowest BCUT2D eigenvalue weighted by Crippen LogP contribution is -2.29. The third-order valence-corrected chi connectivity index (χ3v) is 7.10. The van der Waals surface area contributed by atoms with Crippen molar-refractivity contribution in [2.75, 3.05) is 14.2 Å². The number of nitrogens with zero attached hydrogens (tertiary/aromatic N) is 3. The lowest BCUT2D eigenvalue weighted by atomic mass is 9.96. The van der Waals surface area contributed by atoms with E-state index in [0.717, 1.165) is 5.56 Å². The summed E-state index contributed by atoms with van der Waals surface area (Å²) in [5.41, 5.74) is 2.51. The van der Waals surface area contributed by atoms with E-state index in [2.05, 4.69) is 9.97 Å². The number of aromatic nitrogens is 3. The van der Waals surface area contributed by atoms with Crippen molar-refractivity contribution in [2.45, 2.75) is 33.1 Å². The molecule has 5 rings (SSSR count). The predicted molar refractivity (Wildman–Crippen MR) is 158 cm³/mol. The fourth-order valence-electron chi connectivity index (χ4n) is 4.93. The van der Waals surface area contributed by atoms with E-state index in [9.17, 15) is 14.0 Å². The molecule has 0 aliphatic heterocycles. The summed E-state index contributed by atoms with van der Waals surface area (Å²) >= 11 is 0. The Labute approximate surface area is 246 Å². The molecule has 0 unspecified atom stereocenters. The van der Waals surface area contributed by atoms with Crippen LogP contribution in [0, 0.1) is 18.6 Å². The number of carbonyl (C=O) groups is 1. The van der Waals surface area contributed by atoms with E-state index < -0.39 is 23.0 Å². The van der Waals surface area contributed by atoms with E-state index in [1.54, 1.807) is 31.2 Å². The first-order valence-corrected chi connectivity index (χ1v) is 13.5. The normalized spacial score (nSPS) is 11.2. The van der Waals surface area contributed by atoms with Crippen LogP contribution in [-0.2, 0) is 6.42 Å². The van der Waals surface area contributed by atoms with Crippen LogP contribution in [-0.4, -0.2) is 34.5 Å². The van der Waals surface area contributed by atoms with Gasteiger partial charge in [0.15, 0.2) is 28.8 Å². The standard InChI is InChI=1S/C33H29F2N3O5/c1-18(2)23-16-24(33(40)38(19(23)3)22-9-7-21(34)8-10-22)27(39)15-20-6-11-28(25(35)14-20)43-29-12-13-36-26-17-30(41-4)32(42-5)37-31(26)29/h6-14,16-18H,15H2,1-5H3. The zero-order valence-electron chi connectivity index (χ0n) is 24.3. The van der Waals surface area contributed by atoms with Gasteiger partial charge in [0.2, 0.25) is 0 Å². The molecule has 3 aromatic heterocycles. The molecule has 2 aromatic carbocycles.